The number of carbonyl (C=O) groups is 1. The Morgan fingerprint density at radius 1 is 1.36 bits per heavy atom. The Morgan fingerprint density at radius 2 is 2.15 bits per heavy atom. The van der Waals surface area contributed by atoms with E-state index in [0.717, 1.165) is 34.8 Å². The number of aliphatic carboxylic acids is 1. The number of hydrogen-bond donors (Lipinski definition) is 2. The van der Waals surface area contributed by atoms with Gasteiger partial charge in [-0.1, -0.05) is 13.8 Å². The van der Waals surface area contributed by atoms with Gasteiger partial charge in [0.2, 0.25) is 0 Å². The quantitative estimate of drug-likeness (QED) is 0.428. The molecular weight excluding hydrogens is 488 g/mol. The number of carboxylic acids is 1. The average Bonchev–Trinajstić information content (AvgIpc) is 3.40. The molecule has 2 aromatic heterocycles. The van der Waals surface area contributed by atoms with Gasteiger partial charge >= 0.3 is 5.97 Å². The van der Waals surface area contributed by atoms with Gasteiger partial charge in [0.05, 0.1) is 19.6 Å². The predicted octanol–water partition coefficient (Wildman–Crippen LogP) is 5.12. The Hall–Kier alpha value is -2.81. The molecule has 1 saturated carbocycles. The molecule has 9 heteroatoms. The first kappa shape index (κ1) is 23.4. The van der Waals surface area contributed by atoms with Crippen LogP contribution in [-0.2, 0) is 11.3 Å². The molecule has 176 valence electrons. The number of carboxylic acid groups (broad SMARTS) is 1. The summed E-state index contributed by atoms with van der Waals surface area (Å²) in [6.07, 6.45) is 5.66. The first-order valence-corrected chi connectivity index (χ1v) is 11.8. The van der Waals surface area contributed by atoms with E-state index >= 15 is 0 Å². The second-order valence-electron chi connectivity index (χ2n) is 8.84. The van der Waals surface area contributed by atoms with Gasteiger partial charge in [-0.3, -0.25) is 9.20 Å². The van der Waals surface area contributed by atoms with E-state index in [4.69, 9.17) is 14.5 Å². The highest BCUT2D eigenvalue weighted by Gasteiger charge is 2.49. The van der Waals surface area contributed by atoms with E-state index < -0.39 is 11.4 Å². The van der Waals surface area contributed by atoms with Crippen LogP contribution in [0.4, 0.5) is 5.82 Å². The number of imidazole rings is 1. The number of nitrogens with one attached hydrogen (secondary N) is 1. The van der Waals surface area contributed by atoms with Crippen molar-refractivity contribution in [3.63, 3.8) is 0 Å². The number of aromatic nitrogens is 3. The first-order chi connectivity index (χ1) is 15.8. The number of benzene rings is 1. The summed E-state index contributed by atoms with van der Waals surface area (Å²) >= 11 is 3.61. The molecule has 1 aromatic carbocycles. The molecule has 0 spiro atoms. The van der Waals surface area contributed by atoms with Crippen molar-refractivity contribution in [3.05, 3.63) is 46.6 Å². The highest BCUT2D eigenvalue weighted by atomic mass is 79.9. The van der Waals surface area contributed by atoms with Crippen LogP contribution in [0, 0.1) is 11.3 Å². The lowest BCUT2D eigenvalue weighted by atomic mass is 9.75. The largest absolute Gasteiger partial charge is 0.497 e. The van der Waals surface area contributed by atoms with E-state index in [2.05, 4.69) is 26.2 Å². The molecule has 3 aromatic rings. The molecule has 4 rings (SSSR count). The standard InChI is InChI=1S/C24H29BrN4O4/c1-14(2)24(23(30)31)8-7-15(12-24)22-28-20(25)19-21(26-9-10-29(19)22)27-13-16-5-6-17(32-3)11-18(16)33-4/h5-6,9-11,14-15H,7-8,12-13H2,1-4H3,(H,26,27)(H,30,31). The second kappa shape index (κ2) is 9.21. The van der Waals surface area contributed by atoms with E-state index in [-0.39, 0.29) is 11.8 Å². The van der Waals surface area contributed by atoms with Crippen LogP contribution in [0.25, 0.3) is 5.52 Å². The van der Waals surface area contributed by atoms with Crippen molar-refractivity contribution in [1.29, 1.82) is 0 Å². The molecule has 2 atom stereocenters. The zero-order valence-electron chi connectivity index (χ0n) is 19.3. The van der Waals surface area contributed by atoms with Gasteiger partial charge in [0.1, 0.15) is 27.4 Å². The van der Waals surface area contributed by atoms with Crippen LogP contribution in [0.1, 0.15) is 50.4 Å². The first-order valence-electron chi connectivity index (χ1n) is 11.0. The summed E-state index contributed by atoms with van der Waals surface area (Å²) in [4.78, 5) is 21.4. The highest BCUT2D eigenvalue weighted by molar-refractivity contribution is 9.10. The van der Waals surface area contributed by atoms with Gasteiger partial charge in [-0.25, -0.2) is 9.97 Å². The summed E-state index contributed by atoms with van der Waals surface area (Å²) in [5.41, 5.74) is 1.09. The molecule has 2 unspecified atom stereocenters. The van der Waals surface area contributed by atoms with Gasteiger partial charge in [0.25, 0.3) is 0 Å². The van der Waals surface area contributed by atoms with E-state index in [1.165, 1.54) is 0 Å². The normalized spacial score (nSPS) is 20.4. The van der Waals surface area contributed by atoms with Crippen LogP contribution in [0.2, 0.25) is 0 Å². The van der Waals surface area contributed by atoms with Crippen molar-refractivity contribution in [3.8, 4) is 11.5 Å². The molecule has 1 aliphatic rings. The minimum atomic E-state index is -0.711. The number of halogens is 1. The summed E-state index contributed by atoms with van der Waals surface area (Å²) in [6, 6.07) is 5.70. The fourth-order valence-electron chi connectivity index (χ4n) is 4.88. The van der Waals surface area contributed by atoms with Crippen molar-refractivity contribution in [2.45, 2.75) is 45.6 Å². The lowest BCUT2D eigenvalue weighted by Crippen LogP contribution is -2.33. The summed E-state index contributed by atoms with van der Waals surface area (Å²) in [5.74, 6) is 2.44. The molecule has 0 aliphatic heterocycles. The third-order valence-corrected chi connectivity index (χ3v) is 7.48. The molecular formula is C24H29BrN4O4. The Bertz CT molecular complexity index is 1180. The molecule has 0 amide bonds. The average molecular weight is 517 g/mol. The van der Waals surface area contributed by atoms with Crippen molar-refractivity contribution in [2.75, 3.05) is 19.5 Å². The maximum Gasteiger partial charge on any atom is 0.309 e. The monoisotopic (exact) mass is 516 g/mol. The zero-order chi connectivity index (χ0) is 23.8. The number of ether oxygens (including phenoxy) is 2. The van der Waals surface area contributed by atoms with Gasteiger partial charge in [-0.05, 0) is 53.2 Å². The minimum Gasteiger partial charge on any atom is -0.497 e. The lowest BCUT2D eigenvalue weighted by Gasteiger charge is -2.28. The van der Waals surface area contributed by atoms with E-state index in [9.17, 15) is 9.90 Å². The van der Waals surface area contributed by atoms with Crippen LogP contribution in [-0.4, -0.2) is 39.7 Å². The SMILES string of the molecule is COc1ccc(CNc2nccn3c(C4CCC(C(=O)O)(C(C)C)C4)nc(Br)c23)c(OC)c1. The number of nitrogens with zero attached hydrogens (tertiary/aromatic N) is 3. The number of rotatable bonds is 8. The van der Waals surface area contributed by atoms with Crippen LogP contribution in [0.15, 0.2) is 35.2 Å². The topological polar surface area (TPSA) is 98.0 Å². The van der Waals surface area contributed by atoms with E-state index in [1.807, 2.05) is 42.6 Å². The van der Waals surface area contributed by atoms with Gasteiger partial charge in [-0.15, -0.1) is 0 Å². The Balaban J connectivity index is 1.63. The molecule has 0 saturated heterocycles. The van der Waals surface area contributed by atoms with E-state index in [1.54, 1.807) is 20.4 Å². The number of anilines is 1. The zero-order valence-corrected chi connectivity index (χ0v) is 20.8. The molecule has 8 nitrogen and oxygen atoms in total. The van der Waals surface area contributed by atoms with Gasteiger partial charge < -0.3 is 19.9 Å². The molecule has 2 N–H and O–H groups in total. The lowest BCUT2D eigenvalue weighted by molar-refractivity contribution is -0.151. The van der Waals surface area contributed by atoms with Crippen LogP contribution < -0.4 is 14.8 Å². The molecule has 2 heterocycles. The third-order valence-electron chi connectivity index (χ3n) is 6.93. The Kier molecular flexibility index (Phi) is 6.52. The Morgan fingerprint density at radius 3 is 2.79 bits per heavy atom. The molecule has 1 aliphatic carbocycles. The number of fused-ring (bicyclic) bond motifs is 1. The summed E-state index contributed by atoms with van der Waals surface area (Å²) in [5, 5.41) is 13.3. The Labute approximate surface area is 201 Å². The molecule has 1 fully saturated rings. The van der Waals surface area contributed by atoms with Crippen molar-refractivity contribution < 1.29 is 19.4 Å². The van der Waals surface area contributed by atoms with Gasteiger partial charge in [0, 0.05) is 36.5 Å². The molecule has 0 radical (unpaired) electrons. The summed E-state index contributed by atoms with van der Waals surface area (Å²) < 4.78 is 13.5. The maximum atomic E-state index is 12.1. The van der Waals surface area contributed by atoms with Gasteiger partial charge in [0.15, 0.2) is 5.82 Å². The van der Waals surface area contributed by atoms with Crippen molar-refractivity contribution >= 4 is 33.2 Å². The fourth-order valence-corrected chi connectivity index (χ4v) is 5.44. The smallest absolute Gasteiger partial charge is 0.309 e. The van der Waals surface area contributed by atoms with Crippen LogP contribution in [0.3, 0.4) is 0 Å². The maximum absolute atomic E-state index is 12.1. The van der Waals surface area contributed by atoms with Gasteiger partial charge in [-0.2, -0.15) is 0 Å². The van der Waals surface area contributed by atoms with Crippen molar-refractivity contribution in [2.24, 2.45) is 11.3 Å². The van der Waals surface area contributed by atoms with Crippen molar-refractivity contribution in [1.82, 2.24) is 14.4 Å². The number of methoxy groups -OCH3 is 2. The summed E-state index contributed by atoms with van der Waals surface area (Å²) in [7, 11) is 3.26. The highest BCUT2D eigenvalue weighted by Crippen LogP contribution is 2.51. The summed E-state index contributed by atoms with van der Waals surface area (Å²) in [6.45, 7) is 4.50. The van der Waals surface area contributed by atoms with Crippen LogP contribution in [0.5, 0.6) is 11.5 Å². The second-order valence-corrected chi connectivity index (χ2v) is 9.59. The fraction of sp³-hybridized carbons (Fsp3) is 0.458. The van der Waals surface area contributed by atoms with Crippen LogP contribution >= 0.6 is 15.9 Å². The molecule has 0 bridgehead atoms. The number of hydrogen-bond acceptors (Lipinski definition) is 6. The molecule has 33 heavy (non-hydrogen) atoms. The minimum absolute atomic E-state index is 0.0630. The van der Waals surface area contributed by atoms with E-state index in [0.29, 0.717) is 29.8 Å². The predicted molar refractivity (Wildman–Crippen MR) is 129 cm³/mol. The third kappa shape index (κ3) is 4.14.